The third-order valence-electron chi connectivity index (χ3n) is 9.69. The molecule has 0 amide bonds. The first-order valence-electron chi connectivity index (χ1n) is 14.2. The Kier molecular flexibility index (Phi) is 8.82. The molecule has 5 rings (SSSR count). The molecule has 4 unspecified atom stereocenters. The molecule has 8 nitrogen and oxygen atoms in total. The van der Waals surface area contributed by atoms with Crippen molar-refractivity contribution < 1.29 is 34.1 Å². The first-order valence-corrected chi connectivity index (χ1v) is 14.2. The highest BCUT2D eigenvalue weighted by Crippen LogP contribution is 2.66. The summed E-state index contributed by atoms with van der Waals surface area (Å²) in [6.07, 6.45) is 15.6. The van der Waals surface area contributed by atoms with E-state index in [2.05, 4.69) is 43.1 Å². The second-order valence-electron chi connectivity index (χ2n) is 11.8. The maximum Gasteiger partial charge on any atom is 0.508 e. The number of ether oxygens (including phenoxy) is 2. The summed E-state index contributed by atoms with van der Waals surface area (Å²) >= 11 is 0. The summed E-state index contributed by atoms with van der Waals surface area (Å²) < 4.78 is 10.6. The van der Waals surface area contributed by atoms with Crippen LogP contribution in [0.1, 0.15) is 84.1 Å². The fraction of sp³-hybridized carbons (Fsp3) is 0.613. The lowest BCUT2D eigenvalue weighted by atomic mass is 9.47. The molecule has 0 aromatic carbocycles. The summed E-state index contributed by atoms with van der Waals surface area (Å²) in [4.78, 5) is 35.5. The summed E-state index contributed by atoms with van der Waals surface area (Å²) in [7, 11) is 0. The fourth-order valence-electron chi connectivity index (χ4n) is 7.77. The van der Waals surface area contributed by atoms with Crippen molar-refractivity contribution in [1.29, 1.82) is 0 Å². The Morgan fingerprint density at radius 3 is 2.36 bits per heavy atom. The molecule has 4 aliphatic carbocycles. The largest absolute Gasteiger partial charge is 0.508 e. The van der Waals surface area contributed by atoms with Crippen LogP contribution in [0, 0.1) is 28.6 Å². The smallest absolute Gasteiger partial charge is 0.481 e. The van der Waals surface area contributed by atoms with Crippen molar-refractivity contribution in [2.75, 3.05) is 6.61 Å². The number of aliphatic carboxylic acids is 2. The lowest BCUT2D eigenvalue weighted by Gasteiger charge is -2.57. The van der Waals surface area contributed by atoms with Crippen LogP contribution in [0.25, 0.3) is 5.57 Å². The van der Waals surface area contributed by atoms with Gasteiger partial charge in [-0.15, -0.1) is 0 Å². The van der Waals surface area contributed by atoms with Crippen LogP contribution in [0.2, 0.25) is 0 Å². The SMILES string of the molecule is CCOC(=O)OC1CC[C@@]2(C)C(=CCC3C2CC[C@]2(C)C(c4cccnc4)=CCC32)C1.O=C(O)CCC(=O)O. The van der Waals surface area contributed by atoms with Gasteiger partial charge in [0.1, 0.15) is 6.10 Å². The van der Waals surface area contributed by atoms with Crippen molar-refractivity contribution >= 4 is 23.7 Å². The van der Waals surface area contributed by atoms with Crippen LogP contribution in [-0.2, 0) is 19.1 Å². The van der Waals surface area contributed by atoms with Gasteiger partial charge in [-0.2, -0.15) is 0 Å². The quantitative estimate of drug-likeness (QED) is 0.310. The van der Waals surface area contributed by atoms with Gasteiger partial charge in [0.2, 0.25) is 0 Å². The monoisotopic (exact) mass is 539 g/mol. The molecule has 212 valence electrons. The number of aromatic nitrogens is 1. The van der Waals surface area contributed by atoms with Gasteiger partial charge in [0.05, 0.1) is 19.4 Å². The van der Waals surface area contributed by atoms with Gasteiger partial charge in [0.15, 0.2) is 0 Å². The van der Waals surface area contributed by atoms with Crippen LogP contribution in [0.3, 0.4) is 0 Å². The second-order valence-corrected chi connectivity index (χ2v) is 11.8. The number of fused-ring (bicyclic) bond motifs is 5. The minimum absolute atomic E-state index is 0.0332. The first-order chi connectivity index (χ1) is 18.6. The number of pyridine rings is 1. The Balaban J connectivity index is 0.000000386. The Bertz CT molecular complexity index is 1120. The predicted molar refractivity (Wildman–Crippen MR) is 146 cm³/mol. The van der Waals surface area contributed by atoms with E-state index in [1.165, 1.54) is 36.0 Å². The van der Waals surface area contributed by atoms with Crippen LogP contribution < -0.4 is 0 Å². The van der Waals surface area contributed by atoms with Crippen molar-refractivity contribution in [1.82, 2.24) is 4.98 Å². The zero-order valence-corrected chi connectivity index (χ0v) is 23.2. The Morgan fingerprint density at radius 2 is 1.72 bits per heavy atom. The maximum absolute atomic E-state index is 11.8. The molecule has 0 radical (unpaired) electrons. The lowest BCUT2D eigenvalue weighted by molar-refractivity contribution is -0.143. The van der Waals surface area contributed by atoms with Crippen molar-refractivity contribution in [2.24, 2.45) is 28.6 Å². The molecule has 0 aliphatic heterocycles. The fourth-order valence-corrected chi connectivity index (χ4v) is 7.77. The van der Waals surface area contributed by atoms with Gasteiger partial charge in [-0.05, 0) is 91.2 Å². The van der Waals surface area contributed by atoms with Crippen LogP contribution in [-0.4, -0.2) is 46.0 Å². The Labute approximate surface area is 230 Å². The van der Waals surface area contributed by atoms with Crippen LogP contribution in [0.15, 0.2) is 42.3 Å². The molecule has 6 atom stereocenters. The molecule has 4 aliphatic rings. The number of carboxylic acid groups (broad SMARTS) is 2. The van der Waals surface area contributed by atoms with Gasteiger partial charge in [0, 0.05) is 18.8 Å². The van der Waals surface area contributed by atoms with E-state index in [0.29, 0.717) is 12.5 Å². The average Bonchev–Trinajstić information content (AvgIpc) is 3.26. The Morgan fingerprint density at radius 1 is 1.00 bits per heavy atom. The summed E-state index contributed by atoms with van der Waals surface area (Å²) in [5.74, 6) is 0.0283. The molecule has 1 heterocycles. The molecule has 0 saturated heterocycles. The van der Waals surface area contributed by atoms with E-state index in [9.17, 15) is 14.4 Å². The number of rotatable bonds is 6. The minimum atomic E-state index is -1.08. The molecule has 8 heteroatoms. The molecule has 1 aromatic rings. The number of carbonyl (C=O) groups is 3. The standard InChI is InChI=1S/C27H35NO3.C4H6O4/c1-4-30-25(29)31-20-11-13-26(2)19(16-20)7-8-21-23-10-9-22(18-6-5-15-28-17-18)27(23,3)14-12-24(21)26;5-3(6)1-2-4(7)8/h5-7,9,15,17,20-21,23-24H,4,8,10-14,16H2,1-3H3;1-2H2,(H,5,6)(H,7,8)/t20?,21?,23?,24?,26-,27+;/m0./s1. The zero-order chi connectivity index (χ0) is 28.2. The summed E-state index contributed by atoms with van der Waals surface area (Å²) in [5, 5.41) is 15.8. The normalized spacial score (nSPS) is 32.6. The van der Waals surface area contributed by atoms with Gasteiger partial charge in [-0.25, -0.2) is 4.79 Å². The summed E-state index contributed by atoms with van der Waals surface area (Å²) in [6.45, 7) is 7.18. The molecule has 2 fully saturated rings. The number of nitrogens with zero attached hydrogens (tertiary/aromatic N) is 1. The molecular formula is C31H41NO7. The average molecular weight is 540 g/mol. The highest BCUT2D eigenvalue weighted by Gasteiger charge is 2.57. The lowest BCUT2D eigenvalue weighted by Crippen LogP contribution is -2.50. The molecule has 0 spiro atoms. The molecule has 2 N–H and O–H groups in total. The van der Waals surface area contributed by atoms with Crippen molar-refractivity contribution in [3.05, 3.63) is 47.8 Å². The van der Waals surface area contributed by atoms with E-state index in [-0.39, 0.29) is 29.8 Å². The van der Waals surface area contributed by atoms with E-state index < -0.39 is 18.1 Å². The van der Waals surface area contributed by atoms with Crippen molar-refractivity contribution in [3.63, 3.8) is 0 Å². The van der Waals surface area contributed by atoms with Gasteiger partial charge in [-0.1, -0.05) is 37.6 Å². The van der Waals surface area contributed by atoms with Crippen LogP contribution in [0.4, 0.5) is 4.79 Å². The third-order valence-corrected chi connectivity index (χ3v) is 9.69. The molecule has 0 bridgehead atoms. The molecule has 2 saturated carbocycles. The highest BCUT2D eigenvalue weighted by molar-refractivity contribution is 5.75. The zero-order valence-electron chi connectivity index (χ0n) is 23.2. The molecule has 39 heavy (non-hydrogen) atoms. The van der Waals surface area contributed by atoms with E-state index >= 15 is 0 Å². The van der Waals surface area contributed by atoms with Gasteiger partial charge < -0.3 is 19.7 Å². The Hall–Kier alpha value is -3.16. The maximum atomic E-state index is 11.8. The van der Waals surface area contributed by atoms with E-state index in [4.69, 9.17) is 19.7 Å². The van der Waals surface area contributed by atoms with E-state index in [1.54, 1.807) is 0 Å². The van der Waals surface area contributed by atoms with Crippen LogP contribution >= 0.6 is 0 Å². The van der Waals surface area contributed by atoms with E-state index in [1.807, 2.05) is 19.3 Å². The molecule has 1 aromatic heterocycles. The topological polar surface area (TPSA) is 123 Å². The number of allylic oxidation sites excluding steroid dienone is 3. The minimum Gasteiger partial charge on any atom is -0.481 e. The van der Waals surface area contributed by atoms with E-state index in [0.717, 1.165) is 37.5 Å². The number of hydrogen-bond acceptors (Lipinski definition) is 6. The van der Waals surface area contributed by atoms with Crippen molar-refractivity contribution in [2.45, 2.75) is 84.7 Å². The van der Waals surface area contributed by atoms with Crippen molar-refractivity contribution in [3.8, 4) is 0 Å². The van der Waals surface area contributed by atoms with Gasteiger partial charge in [0.25, 0.3) is 0 Å². The first kappa shape index (κ1) is 28.8. The van der Waals surface area contributed by atoms with Crippen LogP contribution in [0.5, 0.6) is 0 Å². The summed E-state index contributed by atoms with van der Waals surface area (Å²) in [6, 6.07) is 4.29. The highest BCUT2D eigenvalue weighted by atomic mass is 16.7. The number of carboxylic acids is 2. The number of carbonyl (C=O) groups excluding carboxylic acids is 1. The van der Waals surface area contributed by atoms with Gasteiger partial charge >= 0.3 is 18.1 Å². The summed E-state index contributed by atoms with van der Waals surface area (Å²) in [5.41, 5.74) is 4.86. The molecular weight excluding hydrogens is 498 g/mol. The predicted octanol–water partition coefficient (Wildman–Crippen LogP) is 6.52. The van der Waals surface area contributed by atoms with Gasteiger partial charge in [-0.3, -0.25) is 14.6 Å². The second kappa shape index (κ2) is 11.9. The third kappa shape index (κ3) is 6.04. The number of hydrogen-bond donors (Lipinski definition) is 2.